The molecule has 0 unspecified atom stereocenters. The minimum atomic E-state index is -2.26. The van der Waals surface area contributed by atoms with Crippen molar-refractivity contribution in [3.63, 3.8) is 0 Å². The third kappa shape index (κ3) is 4.18. The quantitative estimate of drug-likeness (QED) is 0.759. The first-order valence-corrected chi connectivity index (χ1v) is 9.46. The number of aromatic nitrogens is 2. The van der Waals surface area contributed by atoms with Crippen molar-refractivity contribution in [1.29, 1.82) is 0 Å². The molecule has 3 rings (SSSR count). The van der Waals surface area contributed by atoms with Crippen LogP contribution in [0.2, 0.25) is 0 Å². The molecule has 0 atom stereocenters. The summed E-state index contributed by atoms with van der Waals surface area (Å²) >= 11 is 0. The first-order valence-electron chi connectivity index (χ1n) is 8.29. The minimum absolute atomic E-state index is 0.351. The van der Waals surface area contributed by atoms with Gasteiger partial charge in [0.1, 0.15) is 6.33 Å². The van der Waals surface area contributed by atoms with E-state index in [0.717, 1.165) is 42.3 Å². The second-order valence-electron chi connectivity index (χ2n) is 6.25. The van der Waals surface area contributed by atoms with Crippen LogP contribution in [0.15, 0.2) is 18.5 Å². The fourth-order valence-corrected chi connectivity index (χ4v) is 3.85. The minimum Gasteiger partial charge on any atom is -0.493 e. The van der Waals surface area contributed by atoms with Gasteiger partial charge in [0.2, 0.25) is 0 Å². The number of ether oxygens (including phenoxy) is 2. The highest BCUT2D eigenvalue weighted by molar-refractivity contribution is 7.39. The van der Waals surface area contributed by atoms with Gasteiger partial charge >= 0.3 is 8.60 Å². The van der Waals surface area contributed by atoms with E-state index in [9.17, 15) is 0 Å². The predicted molar refractivity (Wildman–Crippen MR) is 94.7 cm³/mol. The smallest absolute Gasteiger partial charge is 0.327 e. The molecule has 1 aromatic carbocycles. The van der Waals surface area contributed by atoms with Crippen molar-refractivity contribution in [2.75, 3.05) is 20.8 Å². The van der Waals surface area contributed by atoms with Gasteiger partial charge in [-0.05, 0) is 37.7 Å². The Balaban J connectivity index is 1.80. The highest BCUT2D eigenvalue weighted by atomic mass is 31.2. The van der Waals surface area contributed by atoms with Gasteiger partial charge in [-0.25, -0.2) is 9.97 Å². The summed E-state index contributed by atoms with van der Waals surface area (Å²) in [7, 11) is 0.971. The summed E-state index contributed by atoms with van der Waals surface area (Å²) in [5, 5.41) is 0.995. The maximum Gasteiger partial charge on any atom is 0.327 e. The Morgan fingerprint density at radius 1 is 1.04 bits per heavy atom. The Labute approximate surface area is 148 Å². The molecule has 1 aliphatic rings. The molecule has 1 aliphatic carbocycles. The Morgan fingerprint density at radius 3 is 2.36 bits per heavy atom. The van der Waals surface area contributed by atoms with E-state index in [1.165, 1.54) is 0 Å². The first kappa shape index (κ1) is 18.3. The Bertz CT molecular complexity index is 719. The zero-order valence-electron chi connectivity index (χ0n) is 14.4. The molecule has 7 nitrogen and oxygen atoms in total. The average molecular weight is 366 g/mol. The van der Waals surface area contributed by atoms with Crippen molar-refractivity contribution >= 4 is 19.5 Å². The molecule has 0 aliphatic heterocycles. The highest BCUT2D eigenvalue weighted by Gasteiger charge is 2.26. The maximum atomic E-state index is 8.88. The van der Waals surface area contributed by atoms with Crippen LogP contribution in [0.1, 0.15) is 37.3 Å². The van der Waals surface area contributed by atoms with Crippen LogP contribution in [0.25, 0.3) is 10.9 Å². The summed E-state index contributed by atoms with van der Waals surface area (Å²) in [5.41, 5.74) is 1.89. The molecule has 1 heterocycles. The Hall–Kier alpha value is -1.53. The van der Waals surface area contributed by atoms with Gasteiger partial charge in [-0.1, -0.05) is 0 Å². The summed E-state index contributed by atoms with van der Waals surface area (Å²) in [6, 6.07) is 3.83. The number of benzene rings is 1. The summed E-state index contributed by atoms with van der Waals surface area (Å²) in [4.78, 5) is 26.7. The fourth-order valence-electron chi connectivity index (χ4n) is 3.50. The summed E-state index contributed by atoms with van der Waals surface area (Å²) < 4.78 is 15.7. The van der Waals surface area contributed by atoms with Crippen molar-refractivity contribution in [2.45, 2.75) is 31.6 Å². The molecule has 1 saturated carbocycles. The van der Waals surface area contributed by atoms with Gasteiger partial charge in [-0.2, -0.15) is 0 Å². The van der Waals surface area contributed by atoms with E-state index in [-0.39, 0.29) is 0 Å². The van der Waals surface area contributed by atoms with Crippen LogP contribution >= 0.6 is 8.60 Å². The highest BCUT2D eigenvalue weighted by Crippen LogP contribution is 2.40. The van der Waals surface area contributed by atoms with Crippen LogP contribution in [0.3, 0.4) is 0 Å². The number of methoxy groups -OCH3 is 2. The van der Waals surface area contributed by atoms with Gasteiger partial charge in [0.05, 0.1) is 32.0 Å². The van der Waals surface area contributed by atoms with E-state index < -0.39 is 8.60 Å². The molecule has 0 saturated heterocycles. The second kappa shape index (κ2) is 8.23. The van der Waals surface area contributed by atoms with Crippen molar-refractivity contribution < 1.29 is 23.8 Å². The van der Waals surface area contributed by atoms with Crippen molar-refractivity contribution in [3.05, 3.63) is 24.2 Å². The lowest BCUT2D eigenvalue weighted by Crippen LogP contribution is -2.18. The maximum absolute atomic E-state index is 8.88. The largest absolute Gasteiger partial charge is 0.493 e. The van der Waals surface area contributed by atoms with Gasteiger partial charge in [0.15, 0.2) is 11.5 Å². The molecule has 25 heavy (non-hydrogen) atoms. The molecular weight excluding hydrogens is 343 g/mol. The van der Waals surface area contributed by atoms with Gasteiger partial charge < -0.3 is 23.8 Å². The lowest BCUT2D eigenvalue weighted by molar-refractivity contribution is 0.177. The van der Waals surface area contributed by atoms with Gasteiger partial charge in [-0.15, -0.1) is 0 Å². The average Bonchev–Trinajstić information content (AvgIpc) is 2.65. The van der Waals surface area contributed by atoms with Crippen molar-refractivity contribution in [3.8, 4) is 11.5 Å². The van der Waals surface area contributed by atoms with Crippen LogP contribution in [0.4, 0.5) is 0 Å². The lowest BCUT2D eigenvalue weighted by Gasteiger charge is -2.28. The van der Waals surface area contributed by atoms with Crippen molar-refractivity contribution in [2.24, 2.45) is 5.92 Å². The van der Waals surface area contributed by atoms with Gasteiger partial charge in [0.25, 0.3) is 0 Å². The molecule has 0 radical (unpaired) electrons. The zero-order chi connectivity index (χ0) is 17.8. The normalized spacial score (nSPS) is 20.8. The molecule has 0 amide bonds. The third-order valence-electron chi connectivity index (χ3n) is 4.83. The molecule has 0 bridgehead atoms. The predicted octanol–water partition coefficient (Wildman–Crippen LogP) is 3.15. The standard InChI is InChI=1S/C17H23N2O5P/c1-22-15-7-13-14(8-16(15)23-2)18-10-19-17(13)12-5-3-11(4-6-12)9-24-25(20)21/h7-8,10-12,20-21H,3-6,9H2,1-2H3. The number of hydrogen-bond donors (Lipinski definition) is 2. The molecule has 2 N–H and O–H groups in total. The van der Waals surface area contributed by atoms with Gasteiger partial charge in [0, 0.05) is 17.4 Å². The SMILES string of the molecule is COc1cc2ncnc(C3CCC(COP(O)O)CC3)c2cc1OC. The summed E-state index contributed by atoms with van der Waals surface area (Å²) in [6.45, 7) is 0.404. The third-order valence-corrected chi connectivity index (χ3v) is 5.21. The molecule has 136 valence electrons. The Morgan fingerprint density at radius 2 is 1.72 bits per heavy atom. The first-order chi connectivity index (χ1) is 12.1. The molecule has 8 heteroatoms. The zero-order valence-corrected chi connectivity index (χ0v) is 15.3. The van der Waals surface area contributed by atoms with Crippen LogP contribution in [-0.2, 0) is 4.52 Å². The van der Waals surface area contributed by atoms with Crippen molar-refractivity contribution in [1.82, 2.24) is 9.97 Å². The lowest BCUT2D eigenvalue weighted by atomic mass is 9.80. The van der Waals surface area contributed by atoms with Crippen LogP contribution in [0, 0.1) is 5.92 Å². The van der Waals surface area contributed by atoms with E-state index in [2.05, 4.69) is 9.97 Å². The van der Waals surface area contributed by atoms with E-state index >= 15 is 0 Å². The molecule has 1 aromatic heterocycles. The van der Waals surface area contributed by atoms with E-state index in [0.29, 0.717) is 29.9 Å². The number of nitrogens with zero attached hydrogens (tertiary/aromatic N) is 2. The van der Waals surface area contributed by atoms with Crippen LogP contribution in [0.5, 0.6) is 11.5 Å². The second-order valence-corrected chi connectivity index (χ2v) is 7.01. The molecule has 0 spiro atoms. The number of fused-ring (bicyclic) bond motifs is 1. The summed E-state index contributed by atoms with van der Waals surface area (Å²) in [5.74, 6) is 2.05. The molecule has 2 aromatic rings. The summed E-state index contributed by atoms with van der Waals surface area (Å²) in [6.07, 6.45) is 5.54. The van der Waals surface area contributed by atoms with Gasteiger partial charge in [-0.3, -0.25) is 0 Å². The monoisotopic (exact) mass is 366 g/mol. The number of hydrogen-bond acceptors (Lipinski definition) is 7. The van der Waals surface area contributed by atoms with Crippen LogP contribution in [-0.4, -0.2) is 40.6 Å². The molecule has 1 fully saturated rings. The number of rotatable bonds is 6. The van der Waals surface area contributed by atoms with Crippen LogP contribution < -0.4 is 9.47 Å². The Kier molecular flexibility index (Phi) is 6.02. The topological polar surface area (TPSA) is 93.9 Å². The fraction of sp³-hybridized carbons (Fsp3) is 0.529. The van der Waals surface area contributed by atoms with E-state index in [1.54, 1.807) is 20.5 Å². The van der Waals surface area contributed by atoms with E-state index in [1.807, 2.05) is 12.1 Å². The van der Waals surface area contributed by atoms with E-state index in [4.69, 9.17) is 23.8 Å². The molecular formula is C17H23N2O5P.